The number of nitrogens with zero attached hydrogens (tertiary/aromatic N) is 2. The van der Waals surface area contributed by atoms with Gasteiger partial charge in [-0.1, -0.05) is 0 Å². The maximum absolute atomic E-state index is 11.3. The second kappa shape index (κ2) is 3.50. The minimum absolute atomic E-state index is 0.325. The molecule has 0 aromatic carbocycles. The molecule has 0 unspecified atom stereocenters. The summed E-state index contributed by atoms with van der Waals surface area (Å²) < 4.78 is 1.74. The first-order valence-electron chi connectivity index (χ1n) is 4.12. The highest BCUT2D eigenvalue weighted by atomic mass is 79.9. The van der Waals surface area contributed by atoms with Crippen molar-refractivity contribution in [3.63, 3.8) is 0 Å². The zero-order chi connectivity index (χ0) is 11.0. The third-order valence-corrected chi connectivity index (χ3v) is 2.35. The molecule has 78 valence electrons. The molecule has 2 aromatic rings. The Hall–Kier alpha value is -1.63. The smallest absolute Gasteiger partial charge is 0.247 e. The van der Waals surface area contributed by atoms with Crippen molar-refractivity contribution in [3.8, 4) is 5.82 Å². The fourth-order valence-electron chi connectivity index (χ4n) is 1.27. The van der Waals surface area contributed by atoms with Gasteiger partial charge >= 0.3 is 11.4 Å². The van der Waals surface area contributed by atoms with Crippen LogP contribution in [0.25, 0.3) is 5.82 Å². The van der Waals surface area contributed by atoms with E-state index in [1.54, 1.807) is 13.0 Å². The van der Waals surface area contributed by atoms with Crippen LogP contribution < -0.4 is 11.4 Å². The third kappa shape index (κ3) is 1.65. The van der Waals surface area contributed by atoms with E-state index >= 15 is 0 Å². The summed E-state index contributed by atoms with van der Waals surface area (Å²) in [6.45, 7) is 1.77. The second-order valence-electron chi connectivity index (χ2n) is 2.99. The van der Waals surface area contributed by atoms with Crippen LogP contribution in [0, 0.1) is 6.92 Å². The average molecular weight is 271 g/mol. The monoisotopic (exact) mass is 270 g/mol. The van der Waals surface area contributed by atoms with E-state index in [0.29, 0.717) is 5.82 Å². The maximum atomic E-state index is 11.3. The fourth-order valence-corrected chi connectivity index (χ4v) is 1.72. The molecule has 0 aliphatic rings. The summed E-state index contributed by atoms with van der Waals surface area (Å²) in [6.07, 6.45) is 1.53. The minimum Gasteiger partial charge on any atom is -0.247 e. The van der Waals surface area contributed by atoms with Crippen molar-refractivity contribution < 1.29 is 0 Å². The van der Waals surface area contributed by atoms with Crippen LogP contribution in [0.5, 0.6) is 0 Å². The summed E-state index contributed by atoms with van der Waals surface area (Å²) in [5.41, 5.74) is -0.326. The number of halogens is 1. The molecule has 2 heterocycles. The Morgan fingerprint density at radius 2 is 1.93 bits per heavy atom. The first kappa shape index (κ1) is 9.91. The van der Waals surface area contributed by atoms with E-state index in [-0.39, 0.29) is 0 Å². The lowest BCUT2D eigenvalue weighted by Gasteiger charge is -2.02. The first-order chi connectivity index (χ1) is 7.09. The molecule has 0 bridgehead atoms. The predicted molar refractivity (Wildman–Crippen MR) is 57.2 cm³/mol. The van der Waals surface area contributed by atoms with E-state index in [0.717, 1.165) is 14.6 Å². The van der Waals surface area contributed by atoms with Gasteiger partial charge in [-0.2, -0.15) is 4.57 Å². The summed E-state index contributed by atoms with van der Waals surface area (Å²) >= 11 is 3.25. The molecule has 0 saturated carbocycles. The summed E-state index contributed by atoms with van der Waals surface area (Å²) in [6, 6.07) is 1.78. The lowest BCUT2D eigenvalue weighted by atomic mass is 10.3. The Kier molecular flexibility index (Phi) is 2.31. The highest BCUT2D eigenvalue weighted by molar-refractivity contribution is 9.10. The summed E-state index contributed by atoms with van der Waals surface area (Å²) in [5.74, 6) is 0.325. The summed E-state index contributed by atoms with van der Waals surface area (Å²) in [7, 11) is 0. The molecule has 6 nitrogen and oxygen atoms in total. The summed E-state index contributed by atoms with van der Waals surface area (Å²) in [4.78, 5) is 26.6. The Labute approximate surface area is 92.1 Å². The van der Waals surface area contributed by atoms with Crippen LogP contribution in [-0.2, 0) is 0 Å². The number of nitrogens with one attached hydrogen (secondary N) is 2. The number of aryl methyl sites for hydroxylation is 1. The normalized spacial score (nSPS) is 10.5. The molecule has 2 aromatic heterocycles. The van der Waals surface area contributed by atoms with E-state index in [1.165, 1.54) is 6.20 Å². The van der Waals surface area contributed by atoms with Crippen molar-refractivity contribution in [2.75, 3.05) is 0 Å². The topological polar surface area (TPSA) is 83.5 Å². The van der Waals surface area contributed by atoms with Gasteiger partial charge in [0.2, 0.25) is 0 Å². The van der Waals surface area contributed by atoms with Gasteiger partial charge in [-0.05, 0) is 34.5 Å². The minimum atomic E-state index is -0.530. The number of aromatic nitrogens is 4. The zero-order valence-electron chi connectivity index (χ0n) is 7.74. The molecule has 0 amide bonds. The van der Waals surface area contributed by atoms with Crippen LogP contribution in [0.2, 0.25) is 0 Å². The molecule has 2 rings (SSSR count). The van der Waals surface area contributed by atoms with Crippen molar-refractivity contribution >= 4 is 15.9 Å². The lowest BCUT2D eigenvalue weighted by molar-refractivity contribution is 0.895. The Balaban J connectivity index is 2.75. The van der Waals surface area contributed by atoms with Gasteiger partial charge in [0.25, 0.3) is 0 Å². The van der Waals surface area contributed by atoms with Crippen LogP contribution in [0.1, 0.15) is 5.56 Å². The molecule has 15 heavy (non-hydrogen) atoms. The Bertz CT molecular complexity index is 582. The molecule has 0 fully saturated rings. The zero-order valence-corrected chi connectivity index (χ0v) is 9.33. The molecule has 0 saturated heterocycles. The molecular weight excluding hydrogens is 264 g/mol. The molecule has 0 spiro atoms. The van der Waals surface area contributed by atoms with Crippen molar-refractivity contribution in [2.45, 2.75) is 6.92 Å². The van der Waals surface area contributed by atoms with Gasteiger partial charge in [0.1, 0.15) is 5.82 Å². The second-order valence-corrected chi connectivity index (χ2v) is 3.91. The molecule has 0 aliphatic heterocycles. The fraction of sp³-hybridized carbons (Fsp3) is 0.125. The van der Waals surface area contributed by atoms with Gasteiger partial charge in [-0.3, -0.25) is 0 Å². The van der Waals surface area contributed by atoms with Gasteiger partial charge in [-0.15, -0.1) is 0 Å². The number of hydrogen-bond acceptors (Lipinski definition) is 3. The van der Waals surface area contributed by atoms with Crippen LogP contribution in [0.4, 0.5) is 0 Å². The van der Waals surface area contributed by atoms with Crippen molar-refractivity contribution in [1.82, 2.24) is 19.7 Å². The van der Waals surface area contributed by atoms with Gasteiger partial charge in [0.15, 0.2) is 0 Å². The number of H-pyrrole nitrogens is 2. The van der Waals surface area contributed by atoms with Crippen molar-refractivity contribution in [1.29, 1.82) is 0 Å². The highest BCUT2D eigenvalue weighted by Crippen LogP contribution is 2.13. The summed E-state index contributed by atoms with van der Waals surface area (Å²) in [5, 5.41) is 4.39. The third-order valence-electron chi connectivity index (χ3n) is 1.91. The lowest BCUT2D eigenvalue weighted by Crippen LogP contribution is -2.26. The molecular formula is C8H7BrN4O2. The van der Waals surface area contributed by atoms with Gasteiger partial charge in [0.05, 0.1) is 0 Å². The molecule has 0 radical (unpaired) electrons. The maximum Gasteiger partial charge on any atom is 0.350 e. The van der Waals surface area contributed by atoms with Gasteiger partial charge in [0, 0.05) is 10.7 Å². The van der Waals surface area contributed by atoms with E-state index < -0.39 is 11.4 Å². The van der Waals surface area contributed by atoms with Gasteiger partial charge < -0.3 is 0 Å². The molecule has 0 aliphatic carbocycles. The molecule has 0 atom stereocenters. The van der Waals surface area contributed by atoms with Crippen LogP contribution >= 0.6 is 15.9 Å². The van der Waals surface area contributed by atoms with E-state index in [2.05, 4.69) is 31.1 Å². The molecule has 2 N–H and O–H groups in total. The standard InChI is InChI=1S/C8H7BrN4O2/c1-4-2-5(9)3-10-6(4)13-7(14)11-12-8(13)15/h2-3H,1H3,(H,11,14)(H,12,15). The highest BCUT2D eigenvalue weighted by Gasteiger charge is 2.09. The van der Waals surface area contributed by atoms with Crippen molar-refractivity contribution in [3.05, 3.63) is 43.3 Å². The van der Waals surface area contributed by atoms with Crippen LogP contribution in [-0.4, -0.2) is 19.7 Å². The number of rotatable bonds is 1. The Morgan fingerprint density at radius 3 is 2.47 bits per heavy atom. The number of hydrogen-bond donors (Lipinski definition) is 2. The van der Waals surface area contributed by atoms with E-state index in [9.17, 15) is 9.59 Å². The van der Waals surface area contributed by atoms with Crippen molar-refractivity contribution in [2.24, 2.45) is 0 Å². The average Bonchev–Trinajstić information content (AvgIpc) is 2.48. The van der Waals surface area contributed by atoms with E-state index in [1.807, 2.05) is 0 Å². The molecule has 7 heteroatoms. The largest absolute Gasteiger partial charge is 0.350 e. The predicted octanol–water partition coefficient (Wildman–Crippen LogP) is 0.320. The van der Waals surface area contributed by atoms with Crippen LogP contribution in [0.15, 0.2) is 26.3 Å². The van der Waals surface area contributed by atoms with Crippen LogP contribution in [0.3, 0.4) is 0 Å². The number of pyridine rings is 1. The first-order valence-corrected chi connectivity index (χ1v) is 4.91. The number of aromatic amines is 2. The van der Waals surface area contributed by atoms with Gasteiger partial charge in [-0.25, -0.2) is 24.8 Å². The van der Waals surface area contributed by atoms with E-state index in [4.69, 9.17) is 0 Å². The SMILES string of the molecule is Cc1cc(Br)cnc1-n1c(=O)[nH][nH]c1=O. The quantitative estimate of drug-likeness (QED) is 0.783. The Morgan fingerprint density at radius 1 is 1.33 bits per heavy atom.